The predicted molar refractivity (Wildman–Crippen MR) is 138 cm³/mol. The van der Waals surface area contributed by atoms with E-state index < -0.39 is 50.2 Å². The molecule has 188 valence electrons. The number of amides is 2. The second-order valence-electron chi connectivity index (χ2n) is 7.95. The molecule has 0 spiro atoms. The number of nitrogens with one attached hydrogen (secondary N) is 1. The van der Waals surface area contributed by atoms with Crippen LogP contribution < -0.4 is 20.4 Å². The number of non-ortho nitro benzene ring substituents is 1. The van der Waals surface area contributed by atoms with Crippen LogP contribution in [0, 0.1) is 15.9 Å². The van der Waals surface area contributed by atoms with Gasteiger partial charge in [-0.15, -0.1) is 0 Å². The third-order valence-electron chi connectivity index (χ3n) is 5.52. The number of thiocarbonyl (C=S) groups is 1. The maximum absolute atomic E-state index is 13.9. The fourth-order valence-electron chi connectivity index (χ4n) is 3.77. The number of hydrogen-bond donors (Lipinski definition) is 1. The first-order chi connectivity index (χ1) is 18.2. The Kier molecular flexibility index (Phi) is 6.23. The van der Waals surface area contributed by atoms with E-state index in [-0.39, 0.29) is 10.7 Å². The number of ether oxygens (including phenoxy) is 1. The summed E-state index contributed by atoms with van der Waals surface area (Å²) in [6, 6.07) is 16.8. The van der Waals surface area contributed by atoms with Gasteiger partial charge in [0.05, 0.1) is 27.6 Å². The summed E-state index contributed by atoms with van der Waals surface area (Å²) in [7, 11) is 0. The van der Waals surface area contributed by atoms with Crippen LogP contribution in [0.15, 0.2) is 87.8 Å². The van der Waals surface area contributed by atoms with Gasteiger partial charge in [0.2, 0.25) is 5.58 Å². The molecule has 1 aromatic heterocycles. The molecule has 2 amide bonds. The summed E-state index contributed by atoms with van der Waals surface area (Å²) < 4.78 is 24.9. The summed E-state index contributed by atoms with van der Waals surface area (Å²) in [5.74, 6) is -1.62. The van der Waals surface area contributed by atoms with Crippen molar-refractivity contribution in [1.29, 1.82) is 0 Å². The average Bonchev–Trinajstić information content (AvgIpc) is 2.89. The van der Waals surface area contributed by atoms with Gasteiger partial charge in [0.25, 0.3) is 11.8 Å². The van der Waals surface area contributed by atoms with E-state index in [2.05, 4.69) is 5.32 Å². The number of anilines is 1. The first kappa shape index (κ1) is 24.5. The zero-order valence-electron chi connectivity index (χ0n) is 19.0. The van der Waals surface area contributed by atoms with Crippen LogP contribution in [0.2, 0.25) is 0 Å². The average molecular weight is 531 g/mol. The van der Waals surface area contributed by atoms with E-state index in [9.17, 15) is 28.9 Å². The molecule has 5 rings (SSSR count). The van der Waals surface area contributed by atoms with Gasteiger partial charge in [-0.1, -0.05) is 18.2 Å². The van der Waals surface area contributed by atoms with Crippen LogP contribution in [-0.4, -0.2) is 21.9 Å². The molecule has 10 nitrogen and oxygen atoms in total. The fraction of sp³-hybridized carbons (Fsp3) is 0. The van der Waals surface area contributed by atoms with Crippen molar-refractivity contribution < 1.29 is 28.1 Å². The summed E-state index contributed by atoms with van der Waals surface area (Å²) in [6.07, 6.45) is 1.82. The lowest BCUT2D eigenvalue weighted by Gasteiger charge is -2.29. The highest BCUT2D eigenvalue weighted by molar-refractivity contribution is 7.80. The number of nitro groups is 1. The Morgan fingerprint density at radius 2 is 1.71 bits per heavy atom. The number of rotatable bonds is 5. The van der Waals surface area contributed by atoms with Gasteiger partial charge in [-0.2, -0.15) is 0 Å². The molecule has 0 unspecified atom stereocenters. The molecule has 0 aliphatic carbocycles. The molecule has 38 heavy (non-hydrogen) atoms. The highest BCUT2D eigenvalue weighted by Crippen LogP contribution is 2.28. The second-order valence-corrected chi connectivity index (χ2v) is 8.33. The zero-order chi connectivity index (χ0) is 27.0. The molecule has 4 aromatic rings. The van der Waals surface area contributed by atoms with Gasteiger partial charge in [0.1, 0.15) is 29.2 Å². The third kappa shape index (κ3) is 4.51. The van der Waals surface area contributed by atoms with Crippen LogP contribution in [-0.2, 0) is 9.59 Å². The van der Waals surface area contributed by atoms with Crippen molar-refractivity contribution in [3.05, 3.63) is 110 Å². The molecule has 1 saturated heterocycles. The van der Waals surface area contributed by atoms with Crippen LogP contribution in [0.25, 0.3) is 17.0 Å². The number of nitro benzene ring substituents is 1. The molecule has 0 radical (unpaired) electrons. The van der Waals surface area contributed by atoms with E-state index >= 15 is 0 Å². The van der Waals surface area contributed by atoms with Gasteiger partial charge in [-0.05, 0) is 60.8 Å². The van der Waals surface area contributed by atoms with Crippen LogP contribution in [0.1, 0.15) is 5.56 Å². The Hall–Kier alpha value is -5.23. The van der Waals surface area contributed by atoms with Crippen LogP contribution in [0.3, 0.4) is 0 Å². The third-order valence-corrected chi connectivity index (χ3v) is 5.80. The molecule has 1 aliphatic rings. The minimum atomic E-state index is -1.02. The number of hydrogen-bond acceptors (Lipinski definition) is 8. The smallest absolute Gasteiger partial charge is 0.315 e. The highest BCUT2D eigenvalue weighted by atomic mass is 32.1. The molecule has 1 fully saturated rings. The molecule has 2 heterocycles. The molecular formula is C26H14FN3O7S. The topological polar surface area (TPSA) is 132 Å². The standard InChI is InChI=1S/C26H14FN3O7S/c27-15-11-19-22(31)14(13-36-23(19)21(12-15)30(34)35)10-20-24(32)28-26(38)29(25(20)33)16-6-8-18(9-7-16)37-17-4-2-1-3-5-17/h1-13H,(H,28,32,38). The lowest BCUT2D eigenvalue weighted by Crippen LogP contribution is -2.54. The largest absolute Gasteiger partial charge is 0.457 e. The summed E-state index contributed by atoms with van der Waals surface area (Å²) in [5.41, 5.74) is -2.49. The number of halogens is 1. The van der Waals surface area contributed by atoms with Crippen molar-refractivity contribution in [2.75, 3.05) is 4.90 Å². The van der Waals surface area contributed by atoms with Crippen molar-refractivity contribution in [2.45, 2.75) is 0 Å². The minimum absolute atomic E-state index is 0.183. The first-order valence-corrected chi connectivity index (χ1v) is 11.3. The quantitative estimate of drug-likeness (QED) is 0.131. The van der Waals surface area contributed by atoms with Crippen molar-refractivity contribution in [2.24, 2.45) is 0 Å². The number of carbonyl (C=O) groups is 2. The normalized spacial score (nSPS) is 14.6. The van der Waals surface area contributed by atoms with Crippen molar-refractivity contribution in [1.82, 2.24) is 5.32 Å². The molecule has 0 bridgehead atoms. The Morgan fingerprint density at radius 3 is 2.39 bits per heavy atom. The molecule has 1 aliphatic heterocycles. The number of carbonyl (C=O) groups excluding carboxylic acids is 2. The Balaban J connectivity index is 1.49. The monoisotopic (exact) mass is 531 g/mol. The van der Waals surface area contributed by atoms with E-state index in [1.165, 1.54) is 0 Å². The van der Waals surface area contributed by atoms with E-state index in [0.29, 0.717) is 23.3 Å². The van der Waals surface area contributed by atoms with Gasteiger partial charge in [-0.25, -0.2) is 4.39 Å². The van der Waals surface area contributed by atoms with Crippen LogP contribution in [0.5, 0.6) is 11.5 Å². The lowest BCUT2D eigenvalue weighted by atomic mass is 10.1. The van der Waals surface area contributed by atoms with Gasteiger partial charge in [0.15, 0.2) is 10.5 Å². The molecule has 12 heteroatoms. The lowest BCUT2D eigenvalue weighted by molar-refractivity contribution is -0.383. The van der Waals surface area contributed by atoms with Gasteiger partial charge in [-0.3, -0.25) is 34.7 Å². The summed E-state index contributed by atoms with van der Waals surface area (Å²) in [4.78, 5) is 50.3. The molecule has 1 N–H and O–H groups in total. The van der Waals surface area contributed by atoms with Crippen molar-refractivity contribution in [3.63, 3.8) is 0 Å². The van der Waals surface area contributed by atoms with Crippen LogP contribution in [0.4, 0.5) is 15.8 Å². The number of para-hydroxylation sites is 1. The van der Waals surface area contributed by atoms with Gasteiger partial charge in [0, 0.05) is 0 Å². The van der Waals surface area contributed by atoms with Crippen LogP contribution >= 0.6 is 12.2 Å². The van der Waals surface area contributed by atoms with Crippen molar-refractivity contribution in [3.8, 4) is 11.5 Å². The van der Waals surface area contributed by atoms with E-state index in [4.69, 9.17) is 21.4 Å². The van der Waals surface area contributed by atoms with Gasteiger partial charge < -0.3 is 9.15 Å². The Morgan fingerprint density at radius 1 is 1.03 bits per heavy atom. The van der Waals surface area contributed by atoms with Crippen molar-refractivity contribution >= 4 is 57.6 Å². The summed E-state index contributed by atoms with van der Waals surface area (Å²) in [5, 5.41) is 13.0. The molecule has 3 aromatic carbocycles. The molecule has 0 atom stereocenters. The number of fused-ring (bicyclic) bond motifs is 1. The molecule has 0 saturated carbocycles. The minimum Gasteiger partial charge on any atom is -0.457 e. The van der Waals surface area contributed by atoms with E-state index in [1.807, 2.05) is 18.2 Å². The summed E-state index contributed by atoms with van der Waals surface area (Å²) >= 11 is 5.19. The summed E-state index contributed by atoms with van der Waals surface area (Å²) in [6.45, 7) is 0. The maximum Gasteiger partial charge on any atom is 0.315 e. The highest BCUT2D eigenvalue weighted by Gasteiger charge is 2.35. The number of benzene rings is 3. The zero-order valence-corrected chi connectivity index (χ0v) is 19.9. The first-order valence-electron chi connectivity index (χ1n) is 10.9. The number of nitrogens with zero attached hydrogens (tertiary/aromatic N) is 2. The Labute approximate surface area is 217 Å². The molecular weight excluding hydrogens is 517 g/mol. The SMILES string of the molecule is O=C1NC(=S)N(c2ccc(Oc3ccccc3)cc2)C(=O)C1=Cc1coc2c([N+](=O)[O-])cc(F)cc2c1=O. The maximum atomic E-state index is 13.9. The fourth-order valence-corrected chi connectivity index (χ4v) is 4.05. The van der Waals surface area contributed by atoms with Gasteiger partial charge >= 0.3 is 5.69 Å². The van der Waals surface area contributed by atoms with E-state index in [1.54, 1.807) is 36.4 Å². The second kappa shape index (κ2) is 9.67. The Bertz CT molecular complexity index is 1730. The predicted octanol–water partition coefficient (Wildman–Crippen LogP) is 4.46. The van der Waals surface area contributed by atoms with E-state index in [0.717, 1.165) is 23.3 Å².